The van der Waals surface area contributed by atoms with Crippen molar-refractivity contribution in [2.75, 3.05) is 0 Å². The Bertz CT molecular complexity index is 184. The Morgan fingerprint density at radius 1 is 1.25 bits per heavy atom. The van der Waals surface area contributed by atoms with Crippen molar-refractivity contribution in [3.05, 3.63) is 0 Å². The van der Waals surface area contributed by atoms with E-state index in [0.29, 0.717) is 0 Å². The molecule has 0 radical (unpaired) electrons. The third-order valence-corrected chi connectivity index (χ3v) is 5.05. The first-order chi connectivity index (χ1) is 7.65. The molecule has 1 aliphatic carbocycles. The van der Waals surface area contributed by atoms with Crippen molar-refractivity contribution in [3.8, 4) is 0 Å². The average Bonchev–Trinajstić information content (AvgIpc) is 2.70. The van der Waals surface area contributed by atoms with E-state index in [-0.39, 0.29) is 0 Å². The highest BCUT2D eigenvalue weighted by atomic mass is 14.4. The second kappa shape index (κ2) is 6.67. The lowest BCUT2D eigenvalue weighted by molar-refractivity contribution is 0.234. The zero-order chi connectivity index (χ0) is 12.0. The van der Waals surface area contributed by atoms with E-state index in [0.717, 1.165) is 17.3 Å². The summed E-state index contributed by atoms with van der Waals surface area (Å²) in [7, 11) is 0. The summed E-state index contributed by atoms with van der Waals surface area (Å²) < 4.78 is 0. The number of hydrogen-bond acceptors (Lipinski definition) is 0. The molecule has 0 heteroatoms. The van der Waals surface area contributed by atoms with E-state index >= 15 is 0 Å². The van der Waals surface area contributed by atoms with Gasteiger partial charge >= 0.3 is 0 Å². The van der Waals surface area contributed by atoms with Gasteiger partial charge < -0.3 is 0 Å². The van der Waals surface area contributed by atoms with Crippen molar-refractivity contribution in [3.63, 3.8) is 0 Å². The molecular formula is C16H32. The number of unbranched alkanes of at least 4 members (excludes halogenated alkanes) is 1. The summed E-state index contributed by atoms with van der Waals surface area (Å²) in [4.78, 5) is 0. The topological polar surface area (TPSA) is 0 Å². The van der Waals surface area contributed by atoms with Crippen LogP contribution in [0.25, 0.3) is 0 Å². The van der Waals surface area contributed by atoms with Crippen LogP contribution in [-0.2, 0) is 0 Å². The van der Waals surface area contributed by atoms with Crippen LogP contribution < -0.4 is 0 Å². The van der Waals surface area contributed by atoms with Crippen LogP contribution in [0.1, 0.15) is 85.5 Å². The molecule has 0 nitrogen and oxygen atoms in total. The van der Waals surface area contributed by atoms with Gasteiger partial charge in [0.2, 0.25) is 0 Å². The molecule has 0 aromatic rings. The molecule has 3 atom stereocenters. The van der Waals surface area contributed by atoms with E-state index in [1.165, 1.54) is 57.8 Å². The molecule has 0 spiro atoms. The zero-order valence-electron chi connectivity index (χ0n) is 12.0. The van der Waals surface area contributed by atoms with E-state index in [1.807, 2.05) is 0 Å². The molecule has 0 heterocycles. The van der Waals surface area contributed by atoms with Crippen LogP contribution in [0.5, 0.6) is 0 Å². The molecule has 0 bridgehead atoms. The highest BCUT2D eigenvalue weighted by molar-refractivity contribution is 4.88. The first-order valence-electron chi connectivity index (χ1n) is 7.65. The van der Waals surface area contributed by atoms with Gasteiger partial charge in [0.25, 0.3) is 0 Å². The van der Waals surface area contributed by atoms with Gasteiger partial charge in [-0.25, -0.2) is 0 Å². The Hall–Kier alpha value is 0. The highest BCUT2D eigenvalue weighted by Crippen LogP contribution is 2.49. The fourth-order valence-corrected chi connectivity index (χ4v) is 3.54. The van der Waals surface area contributed by atoms with Crippen LogP contribution in [0.2, 0.25) is 0 Å². The summed E-state index contributed by atoms with van der Waals surface area (Å²) in [5.74, 6) is 2.00. The highest BCUT2D eigenvalue weighted by Gasteiger charge is 2.36. The van der Waals surface area contributed by atoms with Crippen molar-refractivity contribution >= 4 is 0 Å². The molecular weight excluding hydrogens is 192 g/mol. The Morgan fingerprint density at radius 3 is 2.56 bits per heavy atom. The standard InChI is InChI=1S/C16H32/c1-5-8-10-16(7-3)11-9-15(13-16)12-14(4)6-2/h14-15H,5-13H2,1-4H3. The lowest BCUT2D eigenvalue weighted by Gasteiger charge is -2.28. The smallest absolute Gasteiger partial charge is 0.0297 e. The van der Waals surface area contributed by atoms with Crippen LogP contribution in [-0.4, -0.2) is 0 Å². The minimum atomic E-state index is 0.744. The molecule has 16 heavy (non-hydrogen) atoms. The maximum Gasteiger partial charge on any atom is -0.0297 e. The van der Waals surface area contributed by atoms with Crippen LogP contribution in [0.3, 0.4) is 0 Å². The van der Waals surface area contributed by atoms with Crippen molar-refractivity contribution in [2.45, 2.75) is 85.5 Å². The first kappa shape index (κ1) is 14.1. The average molecular weight is 224 g/mol. The van der Waals surface area contributed by atoms with Gasteiger partial charge in [-0.1, -0.05) is 53.4 Å². The Balaban J connectivity index is 2.40. The van der Waals surface area contributed by atoms with Crippen LogP contribution in [0, 0.1) is 17.3 Å². The molecule has 0 N–H and O–H groups in total. The molecule has 0 saturated heterocycles. The predicted molar refractivity (Wildman–Crippen MR) is 73.7 cm³/mol. The van der Waals surface area contributed by atoms with Gasteiger partial charge in [-0.3, -0.25) is 0 Å². The van der Waals surface area contributed by atoms with Gasteiger partial charge in [-0.05, 0) is 49.4 Å². The third kappa shape index (κ3) is 3.79. The van der Waals surface area contributed by atoms with Gasteiger partial charge in [0, 0.05) is 0 Å². The van der Waals surface area contributed by atoms with E-state index in [2.05, 4.69) is 27.7 Å². The summed E-state index contributed by atoms with van der Waals surface area (Å²) in [6, 6.07) is 0. The predicted octanol–water partition coefficient (Wildman–Crippen LogP) is 5.81. The quantitative estimate of drug-likeness (QED) is 0.512. The van der Waals surface area contributed by atoms with Crippen molar-refractivity contribution < 1.29 is 0 Å². The summed E-state index contributed by atoms with van der Waals surface area (Å²) in [5, 5.41) is 0. The SMILES string of the molecule is CCCCC1(CC)CCC(CC(C)CC)C1. The Morgan fingerprint density at radius 2 is 2.00 bits per heavy atom. The molecule has 0 aromatic heterocycles. The fourth-order valence-electron chi connectivity index (χ4n) is 3.54. The van der Waals surface area contributed by atoms with Crippen LogP contribution >= 0.6 is 0 Å². The van der Waals surface area contributed by atoms with Gasteiger partial charge in [0.1, 0.15) is 0 Å². The zero-order valence-corrected chi connectivity index (χ0v) is 12.0. The van der Waals surface area contributed by atoms with Gasteiger partial charge in [-0.15, -0.1) is 0 Å². The lowest BCUT2D eigenvalue weighted by atomic mass is 9.77. The van der Waals surface area contributed by atoms with E-state index in [9.17, 15) is 0 Å². The third-order valence-electron chi connectivity index (χ3n) is 5.05. The summed E-state index contributed by atoms with van der Waals surface area (Å²) in [5.41, 5.74) is 0.744. The maximum atomic E-state index is 2.43. The second-order valence-electron chi connectivity index (χ2n) is 6.32. The summed E-state index contributed by atoms with van der Waals surface area (Å²) in [6.07, 6.45) is 13.2. The Labute approximate surface area is 103 Å². The van der Waals surface area contributed by atoms with E-state index in [4.69, 9.17) is 0 Å². The number of rotatable bonds is 7. The van der Waals surface area contributed by atoms with Crippen molar-refractivity contribution in [1.29, 1.82) is 0 Å². The molecule has 1 saturated carbocycles. The van der Waals surface area contributed by atoms with E-state index in [1.54, 1.807) is 0 Å². The molecule has 1 rings (SSSR count). The van der Waals surface area contributed by atoms with Gasteiger partial charge in [0.05, 0.1) is 0 Å². The van der Waals surface area contributed by atoms with Crippen molar-refractivity contribution in [2.24, 2.45) is 17.3 Å². The molecule has 96 valence electrons. The van der Waals surface area contributed by atoms with E-state index < -0.39 is 0 Å². The maximum absolute atomic E-state index is 2.43. The fraction of sp³-hybridized carbons (Fsp3) is 1.00. The molecule has 1 aliphatic rings. The van der Waals surface area contributed by atoms with Crippen molar-refractivity contribution in [1.82, 2.24) is 0 Å². The monoisotopic (exact) mass is 224 g/mol. The lowest BCUT2D eigenvalue weighted by Crippen LogP contribution is -2.16. The summed E-state index contributed by atoms with van der Waals surface area (Å²) in [6.45, 7) is 9.51. The Kier molecular flexibility index (Phi) is 5.86. The van der Waals surface area contributed by atoms with Crippen LogP contribution in [0.15, 0.2) is 0 Å². The molecule has 1 fully saturated rings. The first-order valence-corrected chi connectivity index (χ1v) is 7.65. The molecule has 0 aliphatic heterocycles. The van der Waals surface area contributed by atoms with Gasteiger partial charge in [0.15, 0.2) is 0 Å². The second-order valence-corrected chi connectivity index (χ2v) is 6.32. The minimum absolute atomic E-state index is 0.744. The molecule has 0 aromatic carbocycles. The molecule has 3 unspecified atom stereocenters. The largest absolute Gasteiger partial charge is 0.0654 e. The van der Waals surface area contributed by atoms with Gasteiger partial charge in [-0.2, -0.15) is 0 Å². The molecule has 0 amide bonds. The normalized spacial score (nSPS) is 31.9. The number of hydrogen-bond donors (Lipinski definition) is 0. The summed E-state index contributed by atoms with van der Waals surface area (Å²) >= 11 is 0. The minimum Gasteiger partial charge on any atom is -0.0654 e. The van der Waals surface area contributed by atoms with Crippen LogP contribution in [0.4, 0.5) is 0 Å².